The second-order valence-electron chi connectivity index (χ2n) is 9.35. The minimum absolute atomic E-state index is 0.0767. The molecule has 1 saturated heterocycles. The van der Waals surface area contributed by atoms with Gasteiger partial charge in [0.2, 0.25) is 0 Å². The van der Waals surface area contributed by atoms with Crippen LogP contribution >= 0.6 is 11.6 Å². The SMILES string of the molecule is CN1CCC(n2cc(-c3cc4c5c(cnc4[nH]3)C(=O)N(c3c(F)cccc3Cl)CN5C)cn2)CC1. The van der Waals surface area contributed by atoms with Crippen LogP contribution in [0.5, 0.6) is 0 Å². The Bertz CT molecular complexity index is 1420. The Morgan fingerprint density at radius 3 is 2.71 bits per heavy atom. The number of hydrogen-bond donors (Lipinski definition) is 1. The van der Waals surface area contributed by atoms with Crippen molar-refractivity contribution < 1.29 is 9.18 Å². The molecule has 0 saturated carbocycles. The number of carbonyl (C=O) groups is 1. The number of piperidine rings is 1. The molecule has 35 heavy (non-hydrogen) atoms. The Kier molecular flexibility index (Phi) is 5.26. The number of nitrogens with one attached hydrogen (secondary N) is 1. The van der Waals surface area contributed by atoms with Crippen molar-refractivity contribution in [3.63, 3.8) is 0 Å². The van der Waals surface area contributed by atoms with E-state index in [1.54, 1.807) is 12.3 Å². The van der Waals surface area contributed by atoms with E-state index in [1.165, 1.54) is 17.0 Å². The number of likely N-dealkylation sites (tertiary alicyclic amines) is 1. The molecule has 0 aliphatic carbocycles. The van der Waals surface area contributed by atoms with Crippen molar-refractivity contribution in [3.05, 3.63) is 59.3 Å². The summed E-state index contributed by atoms with van der Waals surface area (Å²) in [6, 6.07) is 6.81. The van der Waals surface area contributed by atoms with Crippen LogP contribution in [0.1, 0.15) is 29.2 Å². The number of pyridine rings is 1. The first kappa shape index (κ1) is 22.1. The van der Waals surface area contributed by atoms with Gasteiger partial charge in [0.05, 0.1) is 40.9 Å². The predicted molar refractivity (Wildman–Crippen MR) is 135 cm³/mol. The minimum atomic E-state index is -0.540. The molecule has 0 radical (unpaired) electrons. The molecule has 2 aliphatic rings. The topological polar surface area (TPSA) is 73.3 Å². The second-order valence-corrected chi connectivity index (χ2v) is 9.76. The number of nitrogens with zero attached hydrogens (tertiary/aromatic N) is 6. The van der Waals surface area contributed by atoms with E-state index in [0.29, 0.717) is 17.3 Å². The van der Waals surface area contributed by atoms with Crippen molar-refractivity contribution in [1.29, 1.82) is 0 Å². The van der Waals surface area contributed by atoms with E-state index >= 15 is 0 Å². The number of carbonyl (C=O) groups excluding carboxylic acids is 1. The highest BCUT2D eigenvalue weighted by atomic mass is 35.5. The van der Waals surface area contributed by atoms with E-state index in [4.69, 9.17) is 11.6 Å². The summed E-state index contributed by atoms with van der Waals surface area (Å²) < 4.78 is 16.6. The summed E-state index contributed by atoms with van der Waals surface area (Å²) in [5.41, 5.74) is 3.78. The van der Waals surface area contributed by atoms with Gasteiger partial charge in [0.15, 0.2) is 0 Å². The number of halogens is 2. The van der Waals surface area contributed by atoms with Crippen LogP contribution in [0.4, 0.5) is 15.8 Å². The van der Waals surface area contributed by atoms with Crippen LogP contribution in [0.3, 0.4) is 0 Å². The smallest absolute Gasteiger partial charge is 0.263 e. The van der Waals surface area contributed by atoms with Gasteiger partial charge in [0, 0.05) is 30.4 Å². The summed E-state index contributed by atoms with van der Waals surface area (Å²) in [6.07, 6.45) is 7.64. The zero-order valence-electron chi connectivity index (χ0n) is 19.5. The zero-order chi connectivity index (χ0) is 24.3. The van der Waals surface area contributed by atoms with Gasteiger partial charge >= 0.3 is 0 Å². The normalized spacial score (nSPS) is 17.4. The number of fused-ring (bicyclic) bond motifs is 3. The van der Waals surface area contributed by atoms with Gasteiger partial charge in [-0.25, -0.2) is 9.37 Å². The summed E-state index contributed by atoms with van der Waals surface area (Å²) >= 11 is 6.25. The number of para-hydroxylation sites is 1. The van der Waals surface area contributed by atoms with Crippen molar-refractivity contribution in [1.82, 2.24) is 24.6 Å². The number of H-pyrrole nitrogens is 1. The lowest BCUT2D eigenvalue weighted by Crippen LogP contribution is -2.46. The number of amides is 1. The molecule has 1 amide bonds. The molecule has 180 valence electrons. The van der Waals surface area contributed by atoms with Crippen molar-refractivity contribution >= 4 is 39.9 Å². The van der Waals surface area contributed by atoms with Crippen LogP contribution in [-0.4, -0.2) is 64.4 Å². The fourth-order valence-electron chi connectivity index (χ4n) is 5.13. The van der Waals surface area contributed by atoms with Gasteiger partial charge in [0.1, 0.15) is 17.2 Å². The summed E-state index contributed by atoms with van der Waals surface area (Å²) in [6.45, 7) is 2.30. The summed E-state index contributed by atoms with van der Waals surface area (Å²) in [5.74, 6) is -0.875. The maximum Gasteiger partial charge on any atom is 0.263 e. The molecule has 5 heterocycles. The molecule has 1 aromatic carbocycles. The van der Waals surface area contributed by atoms with Crippen molar-refractivity contribution in [2.45, 2.75) is 18.9 Å². The predicted octanol–water partition coefficient (Wildman–Crippen LogP) is 4.54. The molecule has 0 bridgehead atoms. The highest BCUT2D eigenvalue weighted by molar-refractivity contribution is 6.34. The molecule has 6 rings (SSSR count). The third-order valence-corrected chi connectivity index (χ3v) is 7.33. The lowest BCUT2D eigenvalue weighted by Gasteiger charge is -2.36. The summed E-state index contributed by atoms with van der Waals surface area (Å²) in [5, 5.41) is 5.65. The Labute approximate surface area is 206 Å². The van der Waals surface area contributed by atoms with Crippen molar-refractivity contribution in [2.24, 2.45) is 0 Å². The standard InChI is InChI=1S/C25H25ClFN7O/c1-31-8-6-16(7-9-31)34-13-15(11-29-34)21-10-17-22-18(12-28-24(17)30-21)25(35)33(14-32(22)2)23-19(26)4-3-5-20(23)27/h3-5,10-13,16H,6-9,14H2,1-2H3,(H,28,30). The molecular weight excluding hydrogens is 469 g/mol. The fourth-order valence-corrected chi connectivity index (χ4v) is 5.40. The van der Waals surface area contributed by atoms with Gasteiger partial charge in [-0.2, -0.15) is 5.10 Å². The second kappa shape index (κ2) is 8.35. The van der Waals surface area contributed by atoms with E-state index in [0.717, 1.165) is 48.3 Å². The van der Waals surface area contributed by atoms with Crippen molar-refractivity contribution in [3.8, 4) is 11.3 Å². The maximum absolute atomic E-state index is 14.6. The number of benzene rings is 1. The molecule has 4 aromatic rings. The molecule has 0 unspecified atom stereocenters. The van der Waals surface area contributed by atoms with Crippen LogP contribution in [0.15, 0.2) is 42.9 Å². The van der Waals surface area contributed by atoms with Gasteiger partial charge in [-0.05, 0) is 51.2 Å². The summed E-state index contributed by atoms with van der Waals surface area (Å²) in [4.78, 5) is 26.9. The number of hydrogen-bond acceptors (Lipinski definition) is 5. The molecule has 1 fully saturated rings. The highest BCUT2D eigenvalue weighted by Gasteiger charge is 2.33. The van der Waals surface area contributed by atoms with Crippen LogP contribution in [0.25, 0.3) is 22.3 Å². The first-order valence-electron chi connectivity index (χ1n) is 11.6. The Morgan fingerprint density at radius 2 is 1.94 bits per heavy atom. The first-order valence-corrected chi connectivity index (χ1v) is 12.0. The minimum Gasteiger partial charge on any atom is -0.355 e. The molecule has 0 spiro atoms. The third kappa shape index (κ3) is 3.66. The van der Waals surface area contributed by atoms with E-state index in [9.17, 15) is 9.18 Å². The quantitative estimate of drug-likeness (QED) is 0.453. The third-order valence-electron chi connectivity index (χ3n) is 7.02. The van der Waals surface area contributed by atoms with Crippen LogP contribution < -0.4 is 9.80 Å². The number of aromatic amines is 1. The van der Waals surface area contributed by atoms with E-state index in [1.807, 2.05) is 24.2 Å². The lowest BCUT2D eigenvalue weighted by molar-refractivity contribution is 0.0982. The number of aromatic nitrogens is 4. The van der Waals surface area contributed by atoms with E-state index in [2.05, 4.69) is 37.9 Å². The van der Waals surface area contributed by atoms with Gasteiger partial charge in [-0.1, -0.05) is 17.7 Å². The zero-order valence-corrected chi connectivity index (χ0v) is 20.3. The lowest BCUT2D eigenvalue weighted by atomic mass is 10.1. The van der Waals surface area contributed by atoms with Gasteiger partial charge in [-0.3, -0.25) is 14.4 Å². The molecule has 10 heteroatoms. The molecule has 3 aromatic heterocycles. The number of anilines is 2. The van der Waals surface area contributed by atoms with E-state index < -0.39 is 5.82 Å². The first-order chi connectivity index (χ1) is 16.9. The van der Waals surface area contributed by atoms with Crippen molar-refractivity contribution in [2.75, 3.05) is 43.7 Å². The Morgan fingerprint density at radius 1 is 1.14 bits per heavy atom. The molecule has 1 N–H and O–H groups in total. The highest BCUT2D eigenvalue weighted by Crippen LogP contribution is 2.39. The number of rotatable bonds is 3. The van der Waals surface area contributed by atoms with E-state index in [-0.39, 0.29) is 23.3 Å². The Balaban J connectivity index is 1.36. The van der Waals surface area contributed by atoms with Gasteiger partial charge in [-0.15, -0.1) is 0 Å². The largest absolute Gasteiger partial charge is 0.355 e. The Hall–Kier alpha value is -3.43. The fraction of sp³-hybridized carbons (Fsp3) is 0.320. The molecule has 2 aliphatic heterocycles. The average molecular weight is 494 g/mol. The van der Waals surface area contributed by atoms with Crippen LogP contribution in [0, 0.1) is 5.82 Å². The monoisotopic (exact) mass is 493 g/mol. The molecule has 0 atom stereocenters. The van der Waals surface area contributed by atoms with Crippen LogP contribution in [-0.2, 0) is 0 Å². The summed E-state index contributed by atoms with van der Waals surface area (Å²) in [7, 11) is 4.02. The molecule has 8 nitrogen and oxygen atoms in total. The molecular formula is C25H25ClFN7O. The maximum atomic E-state index is 14.6. The van der Waals surface area contributed by atoms with Gasteiger partial charge in [0.25, 0.3) is 5.91 Å². The average Bonchev–Trinajstić information content (AvgIpc) is 3.49. The van der Waals surface area contributed by atoms with Gasteiger partial charge < -0.3 is 14.8 Å². The van der Waals surface area contributed by atoms with Crippen LogP contribution in [0.2, 0.25) is 5.02 Å².